The Bertz CT molecular complexity index is 187. The van der Waals surface area contributed by atoms with Gasteiger partial charge in [0.15, 0.2) is 0 Å². The van der Waals surface area contributed by atoms with Gasteiger partial charge in [-0.15, -0.1) is 0 Å². The second-order valence-electron chi connectivity index (χ2n) is 4.38. The molecule has 0 aromatic heterocycles. The number of halogens is 1. The van der Waals surface area contributed by atoms with E-state index >= 15 is 0 Å². The van der Waals surface area contributed by atoms with Crippen molar-refractivity contribution in [2.45, 2.75) is 0 Å². The zero-order valence-corrected chi connectivity index (χ0v) is 22.8. The predicted molar refractivity (Wildman–Crippen MR) is 113 cm³/mol. The third kappa shape index (κ3) is 37.6. The van der Waals surface area contributed by atoms with Crippen LogP contribution in [0.5, 0.6) is 0 Å². The molecular weight excluding hydrogens is 692 g/mol. The molecule has 0 heterocycles. The summed E-state index contributed by atoms with van der Waals surface area (Å²) in [6, 6.07) is 0. The molecule has 194 valence electrons. The molecule has 0 spiro atoms. The van der Waals surface area contributed by atoms with Gasteiger partial charge in [0.05, 0.1) is 76.2 Å². The van der Waals surface area contributed by atoms with E-state index in [2.05, 4.69) is 0 Å². The van der Waals surface area contributed by atoms with E-state index in [9.17, 15) is 0 Å². The Hall–Kier alpha value is 2.27. The van der Waals surface area contributed by atoms with Crippen LogP contribution in [0, 0.1) is 0 Å². The summed E-state index contributed by atoms with van der Waals surface area (Å²) in [6.45, 7) is 0. The molecule has 0 fully saturated rings. The average Bonchev–Trinajstić information content (AvgIpc) is 2.75. The molecule has 0 radical (unpaired) electrons. The van der Waals surface area contributed by atoms with Crippen LogP contribution in [-0.2, 0) is 22.4 Å². The molecule has 18 heteroatoms. The van der Waals surface area contributed by atoms with Crippen molar-refractivity contribution in [2.75, 3.05) is 76.2 Å². The van der Waals surface area contributed by atoms with Crippen molar-refractivity contribution in [2.24, 2.45) is 0 Å². The van der Waals surface area contributed by atoms with Crippen molar-refractivity contribution in [3.63, 3.8) is 0 Å². The molecule has 0 amide bonds. The smallest absolute Gasteiger partial charge is 1.00 e. The van der Waals surface area contributed by atoms with Crippen LogP contribution < -0.4 is 12.4 Å². The summed E-state index contributed by atoms with van der Waals surface area (Å²) in [6.07, 6.45) is -0.972. The van der Waals surface area contributed by atoms with Gasteiger partial charge in [0.25, 0.3) is 0 Å². The molecular formula is C12H36AuClO12P4. The Morgan fingerprint density at radius 2 is 0.333 bits per heavy atom. The molecule has 0 saturated carbocycles. The van der Waals surface area contributed by atoms with Gasteiger partial charge in [-0.2, -0.15) is 0 Å². The maximum absolute atomic E-state index is 8.23. The third-order valence-electron chi connectivity index (χ3n) is 2.40. The minimum absolute atomic E-state index is 0. The minimum atomic E-state index is -0.887. The first kappa shape index (κ1) is 45.7. The second-order valence-corrected chi connectivity index (χ2v) is 13.1. The maximum atomic E-state index is 8.23. The molecule has 0 saturated heterocycles. The van der Waals surface area contributed by atoms with Crippen molar-refractivity contribution in [3.05, 3.63) is 0 Å². The second kappa shape index (κ2) is 41.5. The number of aliphatic hydroxyl groups excluding tert-OH is 12. The van der Waals surface area contributed by atoms with E-state index in [0.29, 0.717) is 0 Å². The van der Waals surface area contributed by atoms with Crippen molar-refractivity contribution < 1.29 is 96.1 Å². The van der Waals surface area contributed by atoms with Gasteiger partial charge in [0.1, 0.15) is 0 Å². The standard InChI is InChI=1S/4C3H9O3P.Au.ClH/c4*4-1-7(2-5)3-6;;/h4*4-6H,1-3H2;;1H/q;;;;+1;/p-1. The molecule has 0 rings (SSSR count). The normalized spacial score (nSPS) is 9.60. The van der Waals surface area contributed by atoms with E-state index in [1.807, 2.05) is 0 Å². The molecule has 0 bridgehead atoms. The first-order valence-electron chi connectivity index (χ1n) is 7.59. The first-order chi connectivity index (χ1) is 13.4. The van der Waals surface area contributed by atoms with Crippen LogP contribution >= 0.6 is 31.7 Å². The van der Waals surface area contributed by atoms with Gasteiger partial charge < -0.3 is 73.7 Å². The van der Waals surface area contributed by atoms with E-state index < -0.39 is 31.7 Å². The van der Waals surface area contributed by atoms with Crippen LogP contribution in [0.4, 0.5) is 0 Å². The summed E-state index contributed by atoms with van der Waals surface area (Å²) in [5.41, 5.74) is 0. The first-order valence-corrected chi connectivity index (χ1v) is 15.2. The molecule has 0 aliphatic carbocycles. The third-order valence-corrected chi connectivity index (χ3v) is 7.20. The van der Waals surface area contributed by atoms with E-state index in [-0.39, 0.29) is 111 Å². The van der Waals surface area contributed by atoms with Crippen LogP contribution in [0.2, 0.25) is 0 Å². The number of hydrogen-bond acceptors (Lipinski definition) is 12. The van der Waals surface area contributed by atoms with Gasteiger partial charge in [0, 0.05) is 0 Å². The maximum Gasteiger partial charge on any atom is 1.00 e. The summed E-state index contributed by atoms with van der Waals surface area (Å²) < 4.78 is 0. The van der Waals surface area contributed by atoms with Crippen molar-refractivity contribution in [3.8, 4) is 0 Å². The zero-order valence-electron chi connectivity index (χ0n) is 16.3. The monoisotopic (exact) mass is 728 g/mol. The Kier molecular flexibility index (Phi) is 63.3. The Balaban J connectivity index is -0.0000000626. The summed E-state index contributed by atoms with van der Waals surface area (Å²) in [5, 5.41) is 98.8. The number of aliphatic hydroxyl groups is 12. The van der Waals surface area contributed by atoms with Gasteiger partial charge in [-0.05, 0) is 31.7 Å². The van der Waals surface area contributed by atoms with E-state index in [1.165, 1.54) is 0 Å². The summed E-state index contributed by atoms with van der Waals surface area (Å²) in [7, 11) is -3.55. The van der Waals surface area contributed by atoms with Gasteiger partial charge >= 0.3 is 22.4 Å². The SMILES string of the molecule is OCP(CO)CO.OCP(CO)CO.OCP(CO)CO.OCP(CO)CO.[Au+].[Cl-]. The topological polar surface area (TPSA) is 243 Å². The summed E-state index contributed by atoms with van der Waals surface area (Å²) in [5.74, 6) is 0. The quantitative estimate of drug-likeness (QED) is 0.0665. The molecule has 0 aliphatic heterocycles. The molecule has 30 heavy (non-hydrogen) atoms. The average molecular weight is 729 g/mol. The number of hydrogen-bond donors (Lipinski definition) is 12. The fraction of sp³-hybridized carbons (Fsp3) is 1.00. The van der Waals surface area contributed by atoms with E-state index in [0.717, 1.165) is 0 Å². The molecule has 0 atom stereocenters. The van der Waals surface area contributed by atoms with Crippen molar-refractivity contribution in [1.29, 1.82) is 0 Å². The van der Waals surface area contributed by atoms with Gasteiger partial charge in [-0.1, -0.05) is 0 Å². The fourth-order valence-corrected chi connectivity index (χ4v) is 1.61. The van der Waals surface area contributed by atoms with E-state index in [1.54, 1.807) is 0 Å². The minimum Gasteiger partial charge on any atom is -1.00 e. The predicted octanol–water partition coefficient (Wildman–Crippen LogP) is -5.73. The van der Waals surface area contributed by atoms with Crippen LogP contribution in [0.1, 0.15) is 0 Å². The molecule has 12 nitrogen and oxygen atoms in total. The van der Waals surface area contributed by atoms with Crippen LogP contribution in [0.15, 0.2) is 0 Å². The Morgan fingerprint density at radius 1 is 0.267 bits per heavy atom. The zero-order chi connectivity index (χ0) is 22.8. The van der Waals surface area contributed by atoms with Crippen molar-refractivity contribution >= 4 is 31.7 Å². The largest absolute Gasteiger partial charge is 1.00 e. The summed E-state index contributed by atoms with van der Waals surface area (Å²) >= 11 is 0. The molecule has 0 aliphatic rings. The molecule has 0 aromatic rings. The summed E-state index contributed by atoms with van der Waals surface area (Å²) in [4.78, 5) is 0. The van der Waals surface area contributed by atoms with Crippen LogP contribution in [0.25, 0.3) is 0 Å². The van der Waals surface area contributed by atoms with E-state index in [4.69, 9.17) is 61.3 Å². The molecule has 12 N–H and O–H groups in total. The van der Waals surface area contributed by atoms with Crippen LogP contribution in [0.3, 0.4) is 0 Å². The van der Waals surface area contributed by atoms with Gasteiger partial charge in [-0.25, -0.2) is 0 Å². The Morgan fingerprint density at radius 3 is 0.333 bits per heavy atom. The van der Waals surface area contributed by atoms with Crippen molar-refractivity contribution in [1.82, 2.24) is 0 Å². The fourth-order valence-electron chi connectivity index (χ4n) is 0.537. The molecule has 0 unspecified atom stereocenters. The van der Waals surface area contributed by atoms with Crippen LogP contribution in [-0.4, -0.2) is 137 Å². The van der Waals surface area contributed by atoms with Gasteiger partial charge in [-0.3, -0.25) is 0 Å². The van der Waals surface area contributed by atoms with Gasteiger partial charge in [0.2, 0.25) is 0 Å². The Labute approximate surface area is 203 Å². The number of rotatable bonds is 12. The molecule has 0 aromatic carbocycles.